The third-order valence-electron chi connectivity index (χ3n) is 6.23. The molecule has 2 aliphatic heterocycles. The van der Waals surface area contributed by atoms with Gasteiger partial charge < -0.3 is 10.2 Å². The number of carbonyl (C=O) groups excluding carboxylic acids is 1. The number of likely N-dealkylation sites (tertiary alicyclic amines) is 2. The van der Waals surface area contributed by atoms with Gasteiger partial charge in [-0.2, -0.15) is 11.8 Å². The summed E-state index contributed by atoms with van der Waals surface area (Å²) in [6.07, 6.45) is 6.65. The molecule has 1 aromatic rings. The molecule has 0 bridgehead atoms. The Morgan fingerprint density at radius 1 is 1.11 bits per heavy atom. The monoisotopic (exact) mass is 389 g/mol. The molecule has 2 fully saturated rings. The first-order chi connectivity index (χ1) is 13.2. The fourth-order valence-corrected chi connectivity index (χ4v) is 4.72. The standard InChI is InChI=1S/C22H35N3OS/c1-18-5-3-4-6-20(18)17-24-12-9-21(10-13-24)25-14-7-19(8-15-25)22(26)23-11-16-27-2/h3-6,19,21H,7-17H2,1-2H3,(H,23,26). The maximum Gasteiger partial charge on any atom is 0.223 e. The molecular formula is C22H35N3OS. The summed E-state index contributed by atoms with van der Waals surface area (Å²) < 4.78 is 0. The normalized spacial score (nSPS) is 20.7. The van der Waals surface area contributed by atoms with Crippen LogP contribution < -0.4 is 5.32 Å². The Hall–Kier alpha value is -1.04. The minimum absolute atomic E-state index is 0.226. The van der Waals surface area contributed by atoms with Crippen LogP contribution in [0.15, 0.2) is 24.3 Å². The van der Waals surface area contributed by atoms with Gasteiger partial charge in [0.1, 0.15) is 0 Å². The van der Waals surface area contributed by atoms with E-state index in [1.165, 1.54) is 37.1 Å². The Balaban J connectivity index is 1.38. The molecular weight excluding hydrogens is 354 g/mol. The van der Waals surface area contributed by atoms with Crippen LogP contribution in [0.1, 0.15) is 36.8 Å². The molecule has 4 nitrogen and oxygen atoms in total. The molecule has 0 aliphatic carbocycles. The van der Waals surface area contributed by atoms with Crippen LogP contribution in [0.2, 0.25) is 0 Å². The average Bonchev–Trinajstić information content (AvgIpc) is 2.70. The maximum atomic E-state index is 12.3. The van der Waals surface area contributed by atoms with Crippen molar-refractivity contribution in [3.63, 3.8) is 0 Å². The molecule has 0 atom stereocenters. The number of carbonyl (C=O) groups is 1. The number of hydrogen-bond donors (Lipinski definition) is 1. The molecule has 1 N–H and O–H groups in total. The van der Waals surface area contributed by atoms with Gasteiger partial charge in [-0.05, 0) is 76.2 Å². The van der Waals surface area contributed by atoms with Gasteiger partial charge in [0.25, 0.3) is 0 Å². The van der Waals surface area contributed by atoms with Gasteiger partial charge in [-0.25, -0.2) is 0 Å². The highest BCUT2D eigenvalue weighted by Gasteiger charge is 2.30. The molecule has 1 amide bonds. The van der Waals surface area contributed by atoms with E-state index in [0.717, 1.165) is 44.8 Å². The Bertz CT molecular complexity index is 593. The van der Waals surface area contributed by atoms with E-state index in [1.807, 2.05) is 0 Å². The molecule has 2 aliphatic rings. The fourth-order valence-electron chi connectivity index (χ4n) is 4.42. The highest BCUT2D eigenvalue weighted by Crippen LogP contribution is 2.25. The van der Waals surface area contributed by atoms with Gasteiger partial charge in [0.15, 0.2) is 0 Å². The number of piperidine rings is 2. The van der Waals surface area contributed by atoms with Gasteiger partial charge >= 0.3 is 0 Å². The van der Waals surface area contributed by atoms with Crippen molar-refractivity contribution in [1.82, 2.24) is 15.1 Å². The predicted octanol–water partition coefficient (Wildman–Crippen LogP) is 3.15. The Labute approximate surface area is 169 Å². The Morgan fingerprint density at radius 3 is 2.48 bits per heavy atom. The molecule has 1 aromatic carbocycles. The predicted molar refractivity (Wildman–Crippen MR) is 115 cm³/mol. The molecule has 150 valence electrons. The number of benzene rings is 1. The Kier molecular flexibility index (Phi) is 8.04. The number of nitrogens with zero attached hydrogens (tertiary/aromatic N) is 2. The third-order valence-corrected chi connectivity index (χ3v) is 6.85. The zero-order valence-corrected chi connectivity index (χ0v) is 17.8. The lowest BCUT2D eigenvalue weighted by atomic mass is 9.92. The molecule has 0 radical (unpaired) electrons. The van der Waals surface area contributed by atoms with Gasteiger partial charge in [0.05, 0.1) is 0 Å². The molecule has 2 saturated heterocycles. The van der Waals surface area contributed by atoms with E-state index in [4.69, 9.17) is 0 Å². The number of nitrogens with one attached hydrogen (secondary N) is 1. The van der Waals surface area contributed by atoms with E-state index in [2.05, 4.69) is 52.6 Å². The third kappa shape index (κ3) is 5.97. The molecule has 5 heteroatoms. The number of amides is 1. The van der Waals surface area contributed by atoms with Gasteiger partial charge in [0, 0.05) is 30.8 Å². The van der Waals surface area contributed by atoms with Crippen molar-refractivity contribution in [2.75, 3.05) is 44.7 Å². The first kappa shape index (κ1) is 20.7. The van der Waals surface area contributed by atoms with E-state index in [0.29, 0.717) is 6.04 Å². The van der Waals surface area contributed by atoms with Crippen molar-refractivity contribution in [2.24, 2.45) is 5.92 Å². The van der Waals surface area contributed by atoms with Gasteiger partial charge in [-0.15, -0.1) is 0 Å². The Morgan fingerprint density at radius 2 is 1.81 bits per heavy atom. The van der Waals surface area contributed by atoms with Crippen molar-refractivity contribution in [2.45, 2.75) is 45.2 Å². The number of rotatable bonds is 7. The maximum absolute atomic E-state index is 12.3. The first-order valence-electron chi connectivity index (χ1n) is 10.4. The second-order valence-corrected chi connectivity index (χ2v) is 9.01. The topological polar surface area (TPSA) is 35.6 Å². The van der Waals surface area contributed by atoms with E-state index in [-0.39, 0.29) is 11.8 Å². The zero-order valence-electron chi connectivity index (χ0n) is 17.0. The van der Waals surface area contributed by atoms with Crippen LogP contribution in [0.5, 0.6) is 0 Å². The van der Waals surface area contributed by atoms with Crippen molar-refractivity contribution in [3.05, 3.63) is 35.4 Å². The molecule has 0 spiro atoms. The second-order valence-electron chi connectivity index (χ2n) is 8.03. The van der Waals surface area contributed by atoms with Crippen LogP contribution >= 0.6 is 11.8 Å². The molecule has 3 rings (SSSR count). The van der Waals surface area contributed by atoms with Gasteiger partial charge in [-0.1, -0.05) is 24.3 Å². The minimum atomic E-state index is 0.226. The fraction of sp³-hybridized carbons (Fsp3) is 0.682. The average molecular weight is 390 g/mol. The summed E-state index contributed by atoms with van der Waals surface area (Å²) in [5, 5.41) is 3.10. The minimum Gasteiger partial charge on any atom is -0.355 e. The van der Waals surface area contributed by atoms with E-state index in [9.17, 15) is 4.79 Å². The number of hydrogen-bond acceptors (Lipinski definition) is 4. The quantitative estimate of drug-likeness (QED) is 0.727. The first-order valence-corrected chi connectivity index (χ1v) is 11.8. The molecule has 2 heterocycles. The summed E-state index contributed by atoms with van der Waals surface area (Å²) in [5.41, 5.74) is 2.86. The van der Waals surface area contributed by atoms with Crippen LogP contribution in [-0.4, -0.2) is 66.5 Å². The van der Waals surface area contributed by atoms with Crippen molar-refractivity contribution in [1.29, 1.82) is 0 Å². The van der Waals surface area contributed by atoms with Gasteiger partial charge in [-0.3, -0.25) is 9.69 Å². The largest absolute Gasteiger partial charge is 0.355 e. The van der Waals surface area contributed by atoms with Crippen LogP contribution in [0.4, 0.5) is 0 Å². The highest BCUT2D eigenvalue weighted by atomic mass is 32.2. The summed E-state index contributed by atoms with van der Waals surface area (Å²) in [4.78, 5) is 17.5. The smallest absolute Gasteiger partial charge is 0.223 e. The zero-order chi connectivity index (χ0) is 19.1. The molecule has 27 heavy (non-hydrogen) atoms. The SMILES string of the molecule is CSCCNC(=O)C1CCN(C2CCN(Cc3ccccc3C)CC2)CC1. The van der Waals surface area contributed by atoms with E-state index in [1.54, 1.807) is 11.8 Å². The number of thioether (sulfide) groups is 1. The summed E-state index contributed by atoms with van der Waals surface area (Å²) in [6, 6.07) is 9.45. The molecule has 0 unspecified atom stereocenters. The number of aryl methyl sites for hydroxylation is 1. The summed E-state index contributed by atoms with van der Waals surface area (Å²) in [7, 11) is 0. The van der Waals surface area contributed by atoms with Crippen molar-refractivity contribution >= 4 is 17.7 Å². The van der Waals surface area contributed by atoms with Crippen LogP contribution in [0, 0.1) is 12.8 Å². The molecule has 0 saturated carbocycles. The summed E-state index contributed by atoms with van der Waals surface area (Å²) in [5.74, 6) is 1.51. The van der Waals surface area contributed by atoms with Crippen molar-refractivity contribution in [3.8, 4) is 0 Å². The highest BCUT2D eigenvalue weighted by molar-refractivity contribution is 7.98. The van der Waals surface area contributed by atoms with Crippen molar-refractivity contribution < 1.29 is 4.79 Å². The van der Waals surface area contributed by atoms with E-state index < -0.39 is 0 Å². The van der Waals surface area contributed by atoms with E-state index >= 15 is 0 Å². The lowest BCUT2D eigenvalue weighted by molar-refractivity contribution is -0.126. The lowest BCUT2D eigenvalue weighted by Gasteiger charge is -2.41. The van der Waals surface area contributed by atoms with Crippen LogP contribution in [0.25, 0.3) is 0 Å². The second kappa shape index (κ2) is 10.5. The van der Waals surface area contributed by atoms with Crippen LogP contribution in [-0.2, 0) is 11.3 Å². The summed E-state index contributed by atoms with van der Waals surface area (Å²) in [6.45, 7) is 8.65. The van der Waals surface area contributed by atoms with Crippen LogP contribution in [0.3, 0.4) is 0 Å². The van der Waals surface area contributed by atoms with Gasteiger partial charge in [0.2, 0.25) is 5.91 Å². The molecule has 0 aromatic heterocycles. The summed E-state index contributed by atoms with van der Waals surface area (Å²) >= 11 is 1.78. The lowest BCUT2D eigenvalue weighted by Crippen LogP contribution is -2.49.